The highest BCUT2D eigenvalue weighted by Gasteiger charge is 2.23. The standard InChI is InChI=1S/C13H17N3O3S/c1-7-5-8(2)13(10(4)12(7)14)20(17,18)16-11-6-9(3)19-15-11/h5-6H,14H2,1-4H3,(H,15,16). The van der Waals surface area contributed by atoms with E-state index in [0.29, 0.717) is 22.6 Å². The average molecular weight is 295 g/mol. The molecular weight excluding hydrogens is 278 g/mol. The van der Waals surface area contributed by atoms with Crippen molar-refractivity contribution in [2.45, 2.75) is 32.6 Å². The molecule has 2 rings (SSSR count). The largest absolute Gasteiger partial charge is 0.398 e. The van der Waals surface area contributed by atoms with E-state index in [0.717, 1.165) is 5.56 Å². The smallest absolute Gasteiger partial charge is 0.263 e. The summed E-state index contributed by atoms with van der Waals surface area (Å²) in [5.41, 5.74) is 8.43. The van der Waals surface area contributed by atoms with Gasteiger partial charge in [0.2, 0.25) is 0 Å². The van der Waals surface area contributed by atoms with Crippen molar-refractivity contribution < 1.29 is 12.9 Å². The van der Waals surface area contributed by atoms with Gasteiger partial charge in [-0.3, -0.25) is 4.72 Å². The van der Waals surface area contributed by atoms with Crippen LogP contribution in [0.5, 0.6) is 0 Å². The first-order chi connectivity index (χ1) is 9.22. The maximum atomic E-state index is 12.5. The molecule has 0 aliphatic heterocycles. The van der Waals surface area contributed by atoms with Crippen LogP contribution in [0.2, 0.25) is 0 Å². The van der Waals surface area contributed by atoms with E-state index in [1.807, 2.05) is 6.92 Å². The predicted octanol–water partition coefficient (Wildman–Crippen LogP) is 2.29. The molecule has 0 atom stereocenters. The number of nitrogens with two attached hydrogens (primary N) is 1. The van der Waals surface area contributed by atoms with Gasteiger partial charge in [-0.25, -0.2) is 8.42 Å². The lowest BCUT2D eigenvalue weighted by molar-refractivity contribution is 0.400. The van der Waals surface area contributed by atoms with E-state index in [9.17, 15) is 8.42 Å². The zero-order valence-corrected chi connectivity index (χ0v) is 12.6. The summed E-state index contributed by atoms with van der Waals surface area (Å²) in [6.07, 6.45) is 0. The number of nitrogens with zero attached hydrogens (tertiary/aromatic N) is 1. The van der Waals surface area contributed by atoms with Crippen LogP contribution in [0.25, 0.3) is 0 Å². The third-order valence-corrected chi connectivity index (χ3v) is 4.74. The minimum Gasteiger partial charge on any atom is -0.398 e. The molecule has 1 heterocycles. The van der Waals surface area contributed by atoms with Crippen molar-refractivity contribution in [3.05, 3.63) is 34.6 Å². The summed E-state index contributed by atoms with van der Waals surface area (Å²) in [4.78, 5) is 0.182. The molecule has 2 aromatic rings. The number of anilines is 2. The van der Waals surface area contributed by atoms with E-state index in [1.165, 1.54) is 6.07 Å². The van der Waals surface area contributed by atoms with E-state index >= 15 is 0 Å². The summed E-state index contributed by atoms with van der Waals surface area (Å²) in [5.74, 6) is 0.681. The van der Waals surface area contributed by atoms with E-state index in [1.54, 1.807) is 26.8 Å². The van der Waals surface area contributed by atoms with Gasteiger partial charge >= 0.3 is 0 Å². The van der Waals surface area contributed by atoms with Crippen LogP contribution in [-0.4, -0.2) is 13.6 Å². The Labute approximate surface area is 118 Å². The molecule has 108 valence electrons. The quantitative estimate of drug-likeness (QED) is 0.846. The Morgan fingerprint density at radius 3 is 2.35 bits per heavy atom. The number of rotatable bonds is 3. The number of nitrogens with one attached hydrogen (secondary N) is 1. The second-order valence-electron chi connectivity index (χ2n) is 4.81. The molecule has 0 fully saturated rings. The summed E-state index contributed by atoms with van der Waals surface area (Å²) in [6, 6.07) is 3.27. The molecule has 0 aliphatic rings. The van der Waals surface area contributed by atoms with Crippen molar-refractivity contribution >= 4 is 21.5 Å². The lowest BCUT2D eigenvalue weighted by atomic mass is 10.1. The Morgan fingerprint density at radius 1 is 1.15 bits per heavy atom. The fraction of sp³-hybridized carbons (Fsp3) is 0.308. The molecule has 0 aliphatic carbocycles. The first kappa shape index (κ1) is 14.4. The molecule has 20 heavy (non-hydrogen) atoms. The highest BCUT2D eigenvalue weighted by molar-refractivity contribution is 7.92. The minimum absolute atomic E-state index is 0.153. The monoisotopic (exact) mass is 295 g/mol. The summed E-state index contributed by atoms with van der Waals surface area (Å²) >= 11 is 0. The van der Waals surface area contributed by atoms with Gasteiger partial charge < -0.3 is 10.3 Å². The first-order valence-electron chi connectivity index (χ1n) is 6.05. The average Bonchev–Trinajstić information content (AvgIpc) is 2.70. The molecule has 0 radical (unpaired) electrons. The van der Waals surface area contributed by atoms with E-state index in [4.69, 9.17) is 10.3 Å². The van der Waals surface area contributed by atoms with Crippen LogP contribution in [0.3, 0.4) is 0 Å². The topological polar surface area (TPSA) is 98.2 Å². The highest BCUT2D eigenvalue weighted by atomic mass is 32.2. The van der Waals surface area contributed by atoms with Crippen molar-refractivity contribution in [1.82, 2.24) is 5.16 Å². The zero-order chi connectivity index (χ0) is 15.1. The summed E-state index contributed by atoms with van der Waals surface area (Å²) in [6.45, 7) is 6.96. The fourth-order valence-electron chi connectivity index (χ4n) is 2.20. The Kier molecular flexibility index (Phi) is 3.47. The molecule has 0 amide bonds. The van der Waals surface area contributed by atoms with Gasteiger partial charge in [0.1, 0.15) is 5.76 Å². The third-order valence-electron chi connectivity index (χ3n) is 3.10. The van der Waals surface area contributed by atoms with Crippen LogP contribution in [-0.2, 0) is 10.0 Å². The Hall–Kier alpha value is -2.02. The minimum atomic E-state index is -3.75. The van der Waals surface area contributed by atoms with Gasteiger partial charge in [0, 0.05) is 11.8 Å². The molecule has 0 spiro atoms. The molecule has 0 saturated carbocycles. The van der Waals surface area contributed by atoms with Crippen LogP contribution >= 0.6 is 0 Å². The second kappa shape index (κ2) is 4.82. The summed E-state index contributed by atoms with van der Waals surface area (Å²) < 4.78 is 32.2. The zero-order valence-electron chi connectivity index (χ0n) is 11.8. The number of hydrogen-bond donors (Lipinski definition) is 2. The molecular formula is C13H17N3O3S. The highest BCUT2D eigenvalue weighted by Crippen LogP contribution is 2.29. The lowest BCUT2D eigenvalue weighted by Crippen LogP contribution is -2.17. The van der Waals surface area contributed by atoms with Gasteiger partial charge in [-0.1, -0.05) is 11.2 Å². The maximum Gasteiger partial charge on any atom is 0.263 e. The summed E-state index contributed by atoms with van der Waals surface area (Å²) in [7, 11) is -3.75. The number of aryl methyl sites for hydroxylation is 3. The van der Waals surface area contributed by atoms with Crippen LogP contribution in [0.15, 0.2) is 21.6 Å². The molecule has 0 saturated heterocycles. The van der Waals surface area contributed by atoms with Crippen molar-refractivity contribution in [1.29, 1.82) is 0 Å². The molecule has 1 aromatic carbocycles. The Balaban J connectivity index is 2.52. The molecule has 7 heteroatoms. The van der Waals surface area contributed by atoms with Crippen LogP contribution < -0.4 is 10.5 Å². The number of aromatic nitrogens is 1. The molecule has 1 aromatic heterocycles. The van der Waals surface area contributed by atoms with E-state index < -0.39 is 10.0 Å². The van der Waals surface area contributed by atoms with Gasteiger partial charge in [-0.2, -0.15) is 0 Å². The normalized spacial score (nSPS) is 11.6. The Morgan fingerprint density at radius 2 is 1.80 bits per heavy atom. The molecule has 6 nitrogen and oxygen atoms in total. The van der Waals surface area contributed by atoms with Gasteiger partial charge in [-0.05, 0) is 44.4 Å². The number of benzene rings is 1. The van der Waals surface area contributed by atoms with Crippen LogP contribution in [0.1, 0.15) is 22.5 Å². The third kappa shape index (κ3) is 2.49. The lowest BCUT2D eigenvalue weighted by Gasteiger charge is -2.15. The molecule has 3 N–H and O–H groups in total. The van der Waals surface area contributed by atoms with Gasteiger partial charge in [-0.15, -0.1) is 0 Å². The first-order valence-corrected chi connectivity index (χ1v) is 7.53. The van der Waals surface area contributed by atoms with Crippen molar-refractivity contribution in [3.8, 4) is 0 Å². The van der Waals surface area contributed by atoms with Gasteiger partial charge in [0.25, 0.3) is 10.0 Å². The number of hydrogen-bond acceptors (Lipinski definition) is 5. The molecule has 0 unspecified atom stereocenters. The van der Waals surface area contributed by atoms with Crippen molar-refractivity contribution in [2.24, 2.45) is 0 Å². The maximum absolute atomic E-state index is 12.5. The summed E-state index contributed by atoms with van der Waals surface area (Å²) in [5, 5.41) is 3.63. The van der Waals surface area contributed by atoms with E-state index in [-0.39, 0.29) is 10.7 Å². The van der Waals surface area contributed by atoms with Crippen molar-refractivity contribution in [2.75, 3.05) is 10.5 Å². The van der Waals surface area contributed by atoms with E-state index in [2.05, 4.69) is 9.88 Å². The van der Waals surface area contributed by atoms with Gasteiger partial charge in [0.15, 0.2) is 5.82 Å². The van der Waals surface area contributed by atoms with Crippen LogP contribution in [0, 0.1) is 27.7 Å². The number of sulfonamides is 1. The van der Waals surface area contributed by atoms with Gasteiger partial charge in [0.05, 0.1) is 4.90 Å². The molecule has 0 bridgehead atoms. The SMILES string of the molecule is Cc1cc(NS(=O)(=O)c2c(C)cc(C)c(N)c2C)no1. The Bertz CT molecular complexity index is 763. The van der Waals surface area contributed by atoms with Crippen LogP contribution in [0.4, 0.5) is 11.5 Å². The predicted molar refractivity (Wildman–Crippen MR) is 77.1 cm³/mol. The number of nitrogen functional groups attached to an aromatic ring is 1. The van der Waals surface area contributed by atoms with Crippen molar-refractivity contribution in [3.63, 3.8) is 0 Å². The fourth-order valence-corrected chi connectivity index (χ4v) is 3.67. The second-order valence-corrected chi connectivity index (χ2v) is 6.43.